The zero-order valence-electron chi connectivity index (χ0n) is 22.0. The van der Waals surface area contributed by atoms with E-state index in [-0.39, 0.29) is 11.0 Å². The summed E-state index contributed by atoms with van der Waals surface area (Å²) in [6.07, 6.45) is -1.49. The number of hydrogen-bond acceptors (Lipinski definition) is 2. The van der Waals surface area contributed by atoms with Gasteiger partial charge in [-0.3, -0.25) is 0 Å². The van der Waals surface area contributed by atoms with Gasteiger partial charge in [0, 0.05) is 19.1 Å². The molecule has 0 saturated heterocycles. The second kappa shape index (κ2) is 12.3. The van der Waals surface area contributed by atoms with E-state index in [0.717, 1.165) is 5.56 Å². The average Bonchev–Trinajstić information content (AvgIpc) is 2.88. The fourth-order valence-corrected chi connectivity index (χ4v) is 9.21. The smallest absolute Gasteiger partial charge is 0.317 e. The van der Waals surface area contributed by atoms with Crippen LogP contribution in [0.2, 0.25) is 5.04 Å². The Morgan fingerprint density at radius 1 is 0.861 bits per heavy atom. The van der Waals surface area contributed by atoms with Gasteiger partial charge in [-0.25, -0.2) is 9.18 Å². The number of carbonyl (C=O) groups excluding carboxylic acids is 1. The Labute approximate surface area is 216 Å². The van der Waals surface area contributed by atoms with Gasteiger partial charge in [0.25, 0.3) is 8.32 Å². The fraction of sp³-hybridized carbons (Fsp3) is 0.367. The van der Waals surface area contributed by atoms with Gasteiger partial charge in [-0.2, -0.15) is 0 Å². The van der Waals surface area contributed by atoms with Crippen molar-refractivity contribution in [3.05, 3.63) is 96.6 Å². The number of halogens is 1. The van der Waals surface area contributed by atoms with Crippen LogP contribution in [0.4, 0.5) is 9.18 Å². The van der Waals surface area contributed by atoms with Crippen molar-refractivity contribution >= 4 is 24.7 Å². The summed E-state index contributed by atoms with van der Waals surface area (Å²) < 4.78 is 22.1. The van der Waals surface area contributed by atoms with Crippen LogP contribution >= 0.6 is 0 Å². The largest absolute Gasteiger partial charge is 0.407 e. The summed E-state index contributed by atoms with van der Waals surface area (Å²) in [5.74, 6) is -0.540. The molecule has 2 N–H and O–H groups in total. The standard InChI is InChI=1S/C30H39FN2O2Si/c1-23(24(2)28(31)33-29(34)32-21-25-15-9-6-10-16-25)22-35-36(30(3,4)5,26-17-11-7-12-18-26)27-19-13-8-14-20-27/h6-20,23-24,28H,21-22H2,1-5H3,(H2,32,33,34)/t23-,24?,28+/m1/s1. The first-order valence-electron chi connectivity index (χ1n) is 12.6. The highest BCUT2D eigenvalue weighted by Crippen LogP contribution is 2.37. The molecule has 192 valence electrons. The summed E-state index contributed by atoms with van der Waals surface area (Å²) >= 11 is 0. The molecule has 3 rings (SSSR count). The second-order valence-corrected chi connectivity index (χ2v) is 14.8. The minimum Gasteiger partial charge on any atom is -0.407 e. The third-order valence-corrected chi connectivity index (χ3v) is 11.9. The zero-order valence-corrected chi connectivity index (χ0v) is 23.0. The lowest BCUT2D eigenvalue weighted by molar-refractivity contribution is 0.117. The lowest BCUT2D eigenvalue weighted by Gasteiger charge is -2.44. The molecule has 0 aliphatic carbocycles. The van der Waals surface area contributed by atoms with E-state index in [0.29, 0.717) is 13.2 Å². The van der Waals surface area contributed by atoms with Crippen LogP contribution < -0.4 is 21.0 Å². The van der Waals surface area contributed by atoms with Crippen LogP contribution in [0.15, 0.2) is 91.0 Å². The normalized spacial score (nSPS) is 14.5. The minimum absolute atomic E-state index is 0.115. The van der Waals surface area contributed by atoms with E-state index in [9.17, 15) is 4.79 Å². The number of benzene rings is 3. The summed E-state index contributed by atoms with van der Waals surface area (Å²) in [6, 6.07) is 29.9. The lowest BCUT2D eigenvalue weighted by Crippen LogP contribution is -2.67. The Hall–Kier alpha value is -2.96. The molecule has 36 heavy (non-hydrogen) atoms. The van der Waals surface area contributed by atoms with Gasteiger partial charge in [-0.1, -0.05) is 126 Å². The predicted molar refractivity (Wildman–Crippen MR) is 149 cm³/mol. The maximum atomic E-state index is 15.1. The highest BCUT2D eigenvalue weighted by Gasteiger charge is 2.50. The van der Waals surface area contributed by atoms with Crippen molar-refractivity contribution in [2.24, 2.45) is 11.8 Å². The zero-order chi connectivity index (χ0) is 26.2. The molecule has 0 saturated carbocycles. The van der Waals surface area contributed by atoms with Gasteiger partial charge in [0.1, 0.15) is 0 Å². The molecule has 0 aliphatic rings. The van der Waals surface area contributed by atoms with Crippen molar-refractivity contribution in [3.8, 4) is 0 Å². The lowest BCUT2D eigenvalue weighted by atomic mass is 9.96. The van der Waals surface area contributed by atoms with Gasteiger partial charge in [-0.15, -0.1) is 0 Å². The number of nitrogens with one attached hydrogen (secondary N) is 2. The van der Waals surface area contributed by atoms with Gasteiger partial charge in [0.2, 0.25) is 0 Å². The van der Waals surface area contributed by atoms with Crippen LogP contribution in [0.5, 0.6) is 0 Å². The molecule has 0 aliphatic heterocycles. The first-order valence-corrected chi connectivity index (χ1v) is 14.5. The number of alkyl halides is 1. The summed E-state index contributed by atoms with van der Waals surface area (Å²) in [5.41, 5.74) is 0.961. The summed E-state index contributed by atoms with van der Waals surface area (Å²) in [5, 5.41) is 7.43. The van der Waals surface area contributed by atoms with Crippen molar-refractivity contribution in [1.29, 1.82) is 0 Å². The van der Waals surface area contributed by atoms with Crippen LogP contribution in [-0.2, 0) is 11.0 Å². The van der Waals surface area contributed by atoms with E-state index in [1.165, 1.54) is 10.4 Å². The van der Waals surface area contributed by atoms with Gasteiger partial charge in [0.15, 0.2) is 6.30 Å². The van der Waals surface area contributed by atoms with E-state index in [1.54, 1.807) is 0 Å². The van der Waals surface area contributed by atoms with E-state index >= 15 is 4.39 Å². The molecule has 0 aromatic heterocycles. The van der Waals surface area contributed by atoms with Crippen molar-refractivity contribution in [1.82, 2.24) is 10.6 Å². The molecule has 0 fully saturated rings. The van der Waals surface area contributed by atoms with E-state index in [1.807, 2.05) is 56.3 Å². The van der Waals surface area contributed by atoms with Crippen molar-refractivity contribution in [3.63, 3.8) is 0 Å². The monoisotopic (exact) mass is 506 g/mol. The number of carbonyl (C=O) groups is 1. The van der Waals surface area contributed by atoms with Crippen molar-refractivity contribution in [2.75, 3.05) is 6.61 Å². The molecular formula is C30H39FN2O2Si. The van der Waals surface area contributed by atoms with Crippen LogP contribution in [-0.4, -0.2) is 27.3 Å². The molecule has 4 nitrogen and oxygen atoms in total. The first kappa shape index (κ1) is 27.6. The Morgan fingerprint density at radius 2 is 1.33 bits per heavy atom. The summed E-state index contributed by atoms with van der Waals surface area (Å²) in [6.45, 7) is 11.2. The Kier molecular flexibility index (Phi) is 9.46. The molecule has 0 spiro atoms. The molecule has 1 unspecified atom stereocenters. The van der Waals surface area contributed by atoms with Crippen LogP contribution in [0.3, 0.4) is 0 Å². The third kappa shape index (κ3) is 6.62. The Bertz CT molecular complexity index is 1030. The summed E-state index contributed by atoms with van der Waals surface area (Å²) in [4.78, 5) is 12.3. The number of amides is 2. The van der Waals surface area contributed by atoms with Crippen LogP contribution in [0, 0.1) is 11.8 Å². The summed E-state index contributed by atoms with van der Waals surface area (Å²) in [7, 11) is -2.70. The molecule has 2 amide bonds. The molecule has 0 bridgehead atoms. The highest BCUT2D eigenvalue weighted by molar-refractivity contribution is 6.99. The molecule has 3 atom stereocenters. The van der Waals surface area contributed by atoms with Crippen molar-refractivity contribution < 1.29 is 13.6 Å². The van der Waals surface area contributed by atoms with E-state index in [4.69, 9.17) is 4.43 Å². The highest BCUT2D eigenvalue weighted by atomic mass is 28.4. The second-order valence-electron chi connectivity index (χ2n) is 10.5. The molecule has 6 heteroatoms. The molecule has 3 aromatic carbocycles. The molecule has 3 aromatic rings. The first-order chi connectivity index (χ1) is 17.1. The number of rotatable bonds is 10. The van der Waals surface area contributed by atoms with Gasteiger partial charge in [-0.05, 0) is 26.9 Å². The van der Waals surface area contributed by atoms with Gasteiger partial charge < -0.3 is 15.1 Å². The topological polar surface area (TPSA) is 50.4 Å². The number of urea groups is 1. The van der Waals surface area contributed by atoms with Crippen LogP contribution in [0.25, 0.3) is 0 Å². The van der Waals surface area contributed by atoms with Crippen molar-refractivity contribution in [2.45, 2.75) is 52.5 Å². The third-order valence-electron chi connectivity index (χ3n) is 6.90. The average molecular weight is 507 g/mol. The Balaban J connectivity index is 1.71. The molecule has 0 radical (unpaired) electrons. The SMILES string of the molecule is CC([C@H](C)CO[Si](c1ccccc1)(c1ccccc1)C(C)(C)C)[C@@H](F)NC(=O)NCc1ccccc1. The maximum absolute atomic E-state index is 15.1. The minimum atomic E-state index is -2.70. The molecular weight excluding hydrogens is 467 g/mol. The maximum Gasteiger partial charge on any atom is 0.317 e. The van der Waals surface area contributed by atoms with E-state index < -0.39 is 26.6 Å². The fourth-order valence-electron chi connectivity index (χ4n) is 4.54. The van der Waals surface area contributed by atoms with Gasteiger partial charge in [0.05, 0.1) is 0 Å². The quantitative estimate of drug-likeness (QED) is 0.277. The van der Waals surface area contributed by atoms with E-state index in [2.05, 4.69) is 79.9 Å². The molecule has 0 heterocycles. The number of hydrogen-bond donors (Lipinski definition) is 2. The predicted octanol–water partition coefficient (Wildman–Crippen LogP) is 5.63. The van der Waals surface area contributed by atoms with Gasteiger partial charge >= 0.3 is 6.03 Å². The van der Waals surface area contributed by atoms with Crippen LogP contribution in [0.1, 0.15) is 40.2 Å². The Morgan fingerprint density at radius 3 is 1.81 bits per heavy atom.